The topological polar surface area (TPSA) is 65.4 Å². The van der Waals surface area contributed by atoms with Crippen molar-refractivity contribution in [2.45, 2.75) is 17.7 Å². The Morgan fingerprint density at radius 1 is 1.03 bits per heavy atom. The summed E-state index contributed by atoms with van der Waals surface area (Å²) in [6, 6.07) is 23.4. The predicted octanol–water partition coefficient (Wildman–Crippen LogP) is 5.54. The second-order valence-electron chi connectivity index (χ2n) is 7.51. The minimum Gasteiger partial charge on any atom is -0.495 e. The van der Waals surface area contributed by atoms with Gasteiger partial charge in [-0.15, -0.1) is 0 Å². The molecule has 3 aromatic rings. The number of nitrogens with zero attached hydrogens (tertiary/aromatic N) is 1. The summed E-state index contributed by atoms with van der Waals surface area (Å²) in [6.45, 7) is 1.96. The first kappa shape index (κ1) is 19.5. The number of amidine groups is 1. The molecule has 0 aliphatic carbocycles. The van der Waals surface area contributed by atoms with Crippen LogP contribution in [0, 0.1) is 12.3 Å². The zero-order valence-corrected chi connectivity index (χ0v) is 18.0. The number of para-hydroxylation sites is 1. The molecule has 1 amide bonds. The Hall–Kier alpha value is -3.51. The molecule has 31 heavy (non-hydrogen) atoms. The molecule has 2 N–H and O–H groups in total. The summed E-state index contributed by atoms with van der Waals surface area (Å²) in [5, 5.41) is 13.3. The summed E-state index contributed by atoms with van der Waals surface area (Å²) >= 11 is 1.57. The van der Waals surface area contributed by atoms with Crippen molar-refractivity contribution in [3.8, 4) is 5.75 Å². The summed E-state index contributed by atoms with van der Waals surface area (Å²) < 4.78 is 5.53. The molecule has 154 valence electrons. The maximum absolute atomic E-state index is 13.8. The molecule has 1 fully saturated rings. The summed E-state index contributed by atoms with van der Waals surface area (Å²) in [5.41, 5.74) is 4.13. The number of nitrogens with one attached hydrogen (secondary N) is 2. The molecular weight excluding hydrogens is 406 g/mol. The lowest BCUT2D eigenvalue weighted by Crippen LogP contribution is -2.30. The Morgan fingerprint density at radius 2 is 1.77 bits per heavy atom. The van der Waals surface area contributed by atoms with E-state index in [0.717, 1.165) is 26.7 Å². The number of anilines is 2. The Bertz CT molecular complexity index is 1210. The molecule has 2 heterocycles. The molecule has 5 rings (SSSR count). The molecule has 6 heteroatoms. The van der Waals surface area contributed by atoms with Gasteiger partial charge in [0.25, 0.3) is 0 Å². The number of ether oxygens (including phenoxy) is 1. The summed E-state index contributed by atoms with van der Waals surface area (Å²) in [5.74, 6) is 0.0202. The first-order valence-corrected chi connectivity index (χ1v) is 10.8. The molecule has 1 atom stereocenters. The number of carbonyl (C=O) groups excluding carboxylic acids is 1. The van der Waals surface area contributed by atoms with Crippen LogP contribution >= 0.6 is 11.8 Å². The van der Waals surface area contributed by atoms with Crippen LogP contribution in [0.25, 0.3) is 0 Å². The lowest BCUT2D eigenvalue weighted by atomic mass is 9.93. The van der Waals surface area contributed by atoms with E-state index in [0.29, 0.717) is 17.0 Å². The normalized spacial score (nSPS) is 20.1. The standard InChI is InChI=1S/C25H21N3O2S/c1-15-12-13-19(30-2)18(14-15)28-23(26)22(21(25(28)29)16-8-4-3-5-9-16)24-27-17-10-6-7-11-20(17)31-24/h3-14,21,26-27H,1-2H3/b24-22+,26-23?. The van der Waals surface area contributed by atoms with Gasteiger partial charge in [-0.3, -0.25) is 15.1 Å². The zero-order chi connectivity index (χ0) is 21.5. The first-order valence-electron chi connectivity index (χ1n) is 9.99. The van der Waals surface area contributed by atoms with E-state index in [-0.39, 0.29) is 11.7 Å². The van der Waals surface area contributed by atoms with Crippen molar-refractivity contribution in [1.29, 1.82) is 5.41 Å². The van der Waals surface area contributed by atoms with Crippen LogP contribution in [0.5, 0.6) is 5.75 Å². The zero-order valence-electron chi connectivity index (χ0n) is 17.2. The summed E-state index contributed by atoms with van der Waals surface area (Å²) in [4.78, 5) is 16.4. The average Bonchev–Trinajstić information content (AvgIpc) is 3.32. The lowest BCUT2D eigenvalue weighted by molar-refractivity contribution is -0.117. The molecule has 0 spiro atoms. The van der Waals surface area contributed by atoms with Gasteiger partial charge < -0.3 is 10.1 Å². The number of aryl methyl sites for hydroxylation is 1. The fraction of sp³-hybridized carbons (Fsp3) is 0.120. The van der Waals surface area contributed by atoms with Crippen molar-refractivity contribution in [3.05, 3.63) is 94.5 Å². The van der Waals surface area contributed by atoms with Gasteiger partial charge in [0.2, 0.25) is 5.91 Å². The van der Waals surface area contributed by atoms with Crippen molar-refractivity contribution in [2.75, 3.05) is 17.3 Å². The van der Waals surface area contributed by atoms with Gasteiger partial charge in [0.15, 0.2) is 0 Å². The van der Waals surface area contributed by atoms with Gasteiger partial charge in [-0.1, -0.05) is 60.3 Å². The minimum atomic E-state index is -0.566. The number of amides is 1. The Balaban J connectivity index is 1.68. The van der Waals surface area contributed by atoms with Crippen LogP contribution in [0.2, 0.25) is 0 Å². The molecule has 1 saturated heterocycles. The Morgan fingerprint density at radius 3 is 2.52 bits per heavy atom. The maximum atomic E-state index is 13.8. The molecule has 2 aliphatic rings. The molecule has 2 aliphatic heterocycles. The van der Waals surface area contributed by atoms with Gasteiger partial charge in [0, 0.05) is 10.5 Å². The van der Waals surface area contributed by atoms with E-state index < -0.39 is 5.92 Å². The number of thioether (sulfide) groups is 1. The highest BCUT2D eigenvalue weighted by molar-refractivity contribution is 8.03. The minimum absolute atomic E-state index is 0.152. The van der Waals surface area contributed by atoms with Gasteiger partial charge in [0.05, 0.1) is 29.4 Å². The van der Waals surface area contributed by atoms with Crippen LogP contribution in [0.4, 0.5) is 11.4 Å². The summed E-state index contributed by atoms with van der Waals surface area (Å²) in [6.07, 6.45) is 0. The third kappa shape index (κ3) is 3.20. The SMILES string of the molecule is COc1ccc(C)cc1N1C(=N)/C(=C2\Nc3ccccc3S2)C(c2ccccc2)C1=O. The van der Waals surface area contributed by atoms with E-state index >= 15 is 0 Å². The van der Waals surface area contributed by atoms with E-state index in [1.807, 2.05) is 79.7 Å². The first-order chi connectivity index (χ1) is 15.1. The van der Waals surface area contributed by atoms with Gasteiger partial charge in [-0.2, -0.15) is 0 Å². The Labute approximate surface area is 185 Å². The largest absolute Gasteiger partial charge is 0.495 e. The van der Waals surface area contributed by atoms with Crippen molar-refractivity contribution in [1.82, 2.24) is 0 Å². The van der Waals surface area contributed by atoms with Gasteiger partial charge in [0.1, 0.15) is 11.6 Å². The van der Waals surface area contributed by atoms with Crippen molar-refractivity contribution >= 4 is 34.9 Å². The molecule has 0 aromatic heterocycles. The van der Waals surface area contributed by atoms with Crippen LogP contribution in [0.3, 0.4) is 0 Å². The number of carbonyl (C=O) groups is 1. The maximum Gasteiger partial charge on any atom is 0.245 e. The van der Waals surface area contributed by atoms with Gasteiger partial charge in [-0.25, -0.2) is 0 Å². The fourth-order valence-electron chi connectivity index (χ4n) is 4.07. The van der Waals surface area contributed by atoms with E-state index in [1.165, 1.54) is 4.90 Å². The van der Waals surface area contributed by atoms with Crippen molar-refractivity contribution in [3.63, 3.8) is 0 Å². The second-order valence-corrected chi connectivity index (χ2v) is 8.56. The fourth-order valence-corrected chi connectivity index (χ4v) is 5.15. The van der Waals surface area contributed by atoms with Crippen molar-refractivity contribution < 1.29 is 9.53 Å². The number of rotatable bonds is 3. The van der Waals surface area contributed by atoms with Gasteiger partial charge in [-0.05, 0) is 42.3 Å². The number of methoxy groups -OCH3 is 1. The third-order valence-electron chi connectivity index (χ3n) is 5.53. The molecule has 0 saturated carbocycles. The highest BCUT2D eigenvalue weighted by Gasteiger charge is 2.46. The Kier molecular flexibility index (Phi) is 4.79. The van der Waals surface area contributed by atoms with E-state index in [2.05, 4.69) is 5.32 Å². The third-order valence-corrected chi connectivity index (χ3v) is 6.64. The van der Waals surface area contributed by atoms with E-state index in [4.69, 9.17) is 10.1 Å². The highest BCUT2D eigenvalue weighted by Crippen LogP contribution is 2.48. The lowest BCUT2D eigenvalue weighted by Gasteiger charge is -2.20. The monoisotopic (exact) mass is 427 g/mol. The molecule has 1 unspecified atom stereocenters. The predicted molar refractivity (Wildman–Crippen MR) is 125 cm³/mol. The smallest absolute Gasteiger partial charge is 0.245 e. The van der Waals surface area contributed by atoms with Crippen LogP contribution in [0.15, 0.2) is 88.3 Å². The second kappa shape index (κ2) is 7.63. The van der Waals surface area contributed by atoms with Gasteiger partial charge >= 0.3 is 0 Å². The quantitative estimate of drug-likeness (QED) is 0.576. The molecule has 5 nitrogen and oxygen atoms in total. The molecule has 0 bridgehead atoms. The molecule has 3 aromatic carbocycles. The summed E-state index contributed by atoms with van der Waals surface area (Å²) in [7, 11) is 1.58. The highest BCUT2D eigenvalue weighted by atomic mass is 32.2. The average molecular weight is 428 g/mol. The number of hydrogen-bond donors (Lipinski definition) is 2. The molecular formula is C25H21N3O2S. The van der Waals surface area contributed by atoms with E-state index in [1.54, 1.807) is 18.9 Å². The number of benzene rings is 3. The van der Waals surface area contributed by atoms with Crippen LogP contribution in [-0.4, -0.2) is 18.9 Å². The van der Waals surface area contributed by atoms with Crippen LogP contribution < -0.4 is 15.0 Å². The number of hydrogen-bond acceptors (Lipinski definition) is 5. The molecule has 0 radical (unpaired) electrons. The number of fused-ring (bicyclic) bond motifs is 1. The van der Waals surface area contributed by atoms with Crippen LogP contribution in [0.1, 0.15) is 17.0 Å². The van der Waals surface area contributed by atoms with E-state index in [9.17, 15) is 4.79 Å². The van der Waals surface area contributed by atoms with Crippen molar-refractivity contribution in [2.24, 2.45) is 0 Å². The van der Waals surface area contributed by atoms with Crippen LogP contribution in [-0.2, 0) is 4.79 Å².